The molecule has 0 aliphatic rings. The lowest BCUT2D eigenvalue weighted by molar-refractivity contribution is 0.408. The maximum Gasteiger partial charge on any atom is 0.251 e. The molecule has 0 radical (unpaired) electrons. The molecule has 2 N–H and O–H groups in total. The molecule has 0 amide bonds. The van der Waals surface area contributed by atoms with E-state index >= 15 is 0 Å². The normalized spacial score (nSPS) is 10.1. The van der Waals surface area contributed by atoms with Crippen LogP contribution in [0.4, 0.5) is 5.69 Å². The molecule has 0 unspecified atom stereocenters. The van der Waals surface area contributed by atoms with E-state index in [0.717, 1.165) is 11.1 Å². The van der Waals surface area contributed by atoms with Gasteiger partial charge in [-0.2, -0.15) is 5.26 Å². The predicted octanol–water partition coefficient (Wildman–Crippen LogP) is 1.67. The van der Waals surface area contributed by atoms with Crippen LogP contribution in [0.15, 0.2) is 35.3 Å². The van der Waals surface area contributed by atoms with E-state index in [4.69, 9.17) is 15.7 Å². The number of anilines is 1. The Kier molecular flexibility index (Phi) is 3.76. The number of nitriles is 1. The molecule has 0 saturated heterocycles. The van der Waals surface area contributed by atoms with Crippen molar-refractivity contribution in [2.75, 3.05) is 12.8 Å². The van der Waals surface area contributed by atoms with Gasteiger partial charge < -0.3 is 15.0 Å². The van der Waals surface area contributed by atoms with Crippen LogP contribution in [-0.2, 0) is 6.54 Å². The van der Waals surface area contributed by atoms with E-state index in [0.29, 0.717) is 23.5 Å². The lowest BCUT2D eigenvalue weighted by Gasteiger charge is -2.12. The van der Waals surface area contributed by atoms with Gasteiger partial charge in [-0.05, 0) is 30.7 Å². The number of nitrogens with zero attached hydrogens (tertiary/aromatic N) is 2. The minimum atomic E-state index is -0.138. The van der Waals surface area contributed by atoms with E-state index in [2.05, 4.69) is 6.07 Å². The third kappa shape index (κ3) is 2.64. The molecule has 102 valence electrons. The monoisotopic (exact) mass is 269 g/mol. The predicted molar refractivity (Wildman–Crippen MR) is 76.7 cm³/mol. The fourth-order valence-electron chi connectivity index (χ4n) is 1.96. The molecule has 0 aliphatic carbocycles. The Morgan fingerprint density at radius 2 is 2.15 bits per heavy atom. The van der Waals surface area contributed by atoms with E-state index in [9.17, 15) is 4.79 Å². The molecule has 20 heavy (non-hydrogen) atoms. The summed E-state index contributed by atoms with van der Waals surface area (Å²) < 4.78 is 6.76. The number of pyridine rings is 1. The fourth-order valence-corrected chi connectivity index (χ4v) is 1.96. The van der Waals surface area contributed by atoms with E-state index in [1.54, 1.807) is 38.4 Å². The van der Waals surface area contributed by atoms with Crippen molar-refractivity contribution in [2.24, 2.45) is 0 Å². The third-order valence-corrected chi connectivity index (χ3v) is 3.12. The Bertz CT molecular complexity index is 742. The van der Waals surface area contributed by atoms with Gasteiger partial charge in [-0.1, -0.05) is 0 Å². The topological polar surface area (TPSA) is 81.0 Å². The molecular weight excluding hydrogens is 254 g/mol. The van der Waals surface area contributed by atoms with Gasteiger partial charge in [-0.15, -0.1) is 0 Å². The van der Waals surface area contributed by atoms with Crippen LogP contribution in [0.2, 0.25) is 0 Å². The van der Waals surface area contributed by atoms with E-state index in [1.807, 2.05) is 0 Å². The first kappa shape index (κ1) is 13.7. The third-order valence-electron chi connectivity index (χ3n) is 3.12. The molecule has 5 nitrogen and oxygen atoms in total. The maximum absolute atomic E-state index is 12.0. The van der Waals surface area contributed by atoms with Crippen molar-refractivity contribution in [3.8, 4) is 11.8 Å². The van der Waals surface area contributed by atoms with E-state index < -0.39 is 0 Å². The van der Waals surface area contributed by atoms with Crippen molar-refractivity contribution in [3.05, 3.63) is 57.5 Å². The fraction of sp³-hybridized carbons (Fsp3) is 0.200. The summed E-state index contributed by atoms with van der Waals surface area (Å²) >= 11 is 0. The quantitative estimate of drug-likeness (QED) is 0.919. The van der Waals surface area contributed by atoms with Gasteiger partial charge in [-0.25, -0.2) is 0 Å². The van der Waals surface area contributed by atoms with Crippen LogP contribution in [0.5, 0.6) is 5.75 Å². The smallest absolute Gasteiger partial charge is 0.251 e. The van der Waals surface area contributed by atoms with Gasteiger partial charge in [0.2, 0.25) is 0 Å². The molecule has 0 fully saturated rings. The molecule has 2 aromatic rings. The second kappa shape index (κ2) is 5.49. The van der Waals surface area contributed by atoms with Gasteiger partial charge in [0.1, 0.15) is 5.75 Å². The Hall–Kier alpha value is -2.74. The molecule has 0 bridgehead atoms. The second-order valence-corrected chi connectivity index (χ2v) is 4.52. The molecule has 1 aromatic heterocycles. The lowest BCUT2D eigenvalue weighted by Crippen LogP contribution is -2.21. The number of hydrogen-bond donors (Lipinski definition) is 1. The average molecular weight is 269 g/mol. The Labute approximate surface area is 116 Å². The van der Waals surface area contributed by atoms with Crippen LogP contribution in [0.1, 0.15) is 16.7 Å². The summed E-state index contributed by atoms with van der Waals surface area (Å²) in [6, 6.07) is 8.67. The standard InChI is InChI=1S/C15H15N3O2/c1-10-5-15(19)18(9-13(10)17)8-12-6-11(7-16)3-4-14(12)20-2/h3-6,9H,8,17H2,1-2H3. The van der Waals surface area contributed by atoms with Crippen LogP contribution >= 0.6 is 0 Å². The van der Waals surface area contributed by atoms with Crippen LogP contribution in [0.25, 0.3) is 0 Å². The maximum atomic E-state index is 12.0. The van der Waals surface area contributed by atoms with E-state index in [1.165, 1.54) is 10.6 Å². The zero-order valence-electron chi connectivity index (χ0n) is 11.4. The van der Waals surface area contributed by atoms with Gasteiger partial charge in [0.05, 0.1) is 31.0 Å². The molecule has 0 atom stereocenters. The number of aryl methyl sites for hydroxylation is 1. The lowest BCUT2D eigenvalue weighted by atomic mass is 10.1. The van der Waals surface area contributed by atoms with Crippen molar-refractivity contribution in [2.45, 2.75) is 13.5 Å². The van der Waals surface area contributed by atoms with Gasteiger partial charge >= 0.3 is 0 Å². The van der Waals surface area contributed by atoms with Gasteiger partial charge in [0.15, 0.2) is 0 Å². The number of ether oxygens (including phenoxy) is 1. The SMILES string of the molecule is COc1ccc(C#N)cc1Cn1cc(N)c(C)cc1=O. The van der Waals surface area contributed by atoms with Crippen LogP contribution in [0.3, 0.4) is 0 Å². The first-order chi connectivity index (χ1) is 9.55. The van der Waals surface area contributed by atoms with Gasteiger partial charge in [0, 0.05) is 17.8 Å². The summed E-state index contributed by atoms with van der Waals surface area (Å²) in [6.07, 6.45) is 1.61. The number of nitrogens with two attached hydrogens (primary N) is 1. The highest BCUT2D eigenvalue weighted by Crippen LogP contribution is 2.20. The first-order valence-electron chi connectivity index (χ1n) is 6.08. The largest absolute Gasteiger partial charge is 0.496 e. The van der Waals surface area contributed by atoms with E-state index in [-0.39, 0.29) is 5.56 Å². The Morgan fingerprint density at radius 1 is 1.40 bits per heavy atom. The molecule has 2 rings (SSSR count). The van der Waals surface area contributed by atoms with Crippen molar-refractivity contribution >= 4 is 5.69 Å². The second-order valence-electron chi connectivity index (χ2n) is 4.52. The van der Waals surface area contributed by atoms with Gasteiger partial charge in [0.25, 0.3) is 5.56 Å². The Balaban J connectivity index is 2.47. The number of benzene rings is 1. The van der Waals surface area contributed by atoms with Crippen LogP contribution < -0.4 is 16.0 Å². The molecule has 0 aliphatic heterocycles. The summed E-state index contributed by atoms with van der Waals surface area (Å²) in [5, 5.41) is 8.95. The molecule has 5 heteroatoms. The highest BCUT2D eigenvalue weighted by Gasteiger charge is 2.08. The van der Waals surface area contributed by atoms with Crippen LogP contribution in [0, 0.1) is 18.3 Å². The van der Waals surface area contributed by atoms with Crippen molar-refractivity contribution < 1.29 is 4.74 Å². The molecule has 0 saturated carbocycles. The minimum Gasteiger partial charge on any atom is -0.496 e. The van der Waals surface area contributed by atoms with Crippen molar-refractivity contribution in [1.29, 1.82) is 5.26 Å². The summed E-state index contributed by atoms with van der Waals surface area (Å²) in [5.41, 5.74) is 8.28. The van der Waals surface area contributed by atoms with Crippen LogP contribution in [-0.4, -0.2) is 11.7 Å². The number of nitrogen functional groups attached to an aromatic ring is 1. The highest BCUT2D eigenvalue weighted by atomic mass is 16.5. The summed E-state index contributed by atoms with van der Waals surface area (Å²) in [6.45, 7) is 2.10. The molecule has 1 aromatic carbocycles. The summed E-state index contributed by atoms with van der Waals surface area (Å²) in [5.74, 6) is 0.634. The zero-order chi connectivity index (χ0) is 14.7. The zero-order valence-corrected chi connectivity index (χ0v) is 11.4. The number of methoxy groups -OCH3 is 1. The first-order valence-corrected chi connectivity index (χ1v) is 6.08. The van der Waals surface area contributed by atoms with Crippen molar-refractivity contribution in [3.63, 3.8) is 0 Å². The van der Waals surface area contributed by atoms with Gasteiger partial charge in [-0.3, -0.25) is 4.79 Å². The number of aromatic nitrogens is 1. The molecule has 0 spiro atoms. The molecule has 1 heterocycles. The number of hydrogen-bond acceptors (Lipinski definition) is 4. The summed E-state index contributed by atoms with van der Waals surface area (Å²) in [7, 11) is 1.55. The molecular formula is C15H15N3O2. The highest BCUT2D eigenvalue weighted by molar-refractivity contribution is 5.45. The average Bonchev–Trinajstić information content (AvgIpc) is 2.44. The number of rotatable bonds is 3. The van der Waals surface area contributed by atoms with Crippen molar-refractivity contribution in [1.82, 2.24) is 4.57 Å². The minimum absolute atomic E-state index is 0.138. The Morgan fingerprint density at radius 3 is 2.80 bits per heavy atom. The summed E-state index contributed by atoms with van der Waals surface area (Å²) in [4.78, 5) is 12.0.